The molecule has 1 aliphatic rings. The van der Waals surface area contributed by atoms with E-state index in [1.54, 1.807) is 6.07 Å². The van der Waals surface area contributed by atoms with E-state index < -0.39 is 17.3 Å². The first-order valence-electron chi connectivity index (χ1n) is 6.04. The summed E-state index contributed by atoms with van der Waals surface area (Å²) in [6.45, 7) is 1.04. The number of benzene rings is 1. The molecule has 0 unspecified atom stereocenters. The van der Waals surface area contributed by atoms with E-state index in [1.807, 2.05) is 0 Å². The highest BCUT2D eigenvalue weighted by Crippen LogP contribution is 2.20. The van der Waals surface area contributed by atoms with Gasteiger partial charge in [0, 0.05) is 37.1 Å². The molecule has 0 bridgehead atoms. The summed E-state index contributed by atoms with van der Waals surface area (Å²) in [4.78, 5) is 11.9. The van der Waals surface area contributed by atoms with Gasteiger partial charge < -0.3 is 15.2 Å². The van der Waals surface area contributed by atoms with Crippen LogP contribution in [0, 0.1) is 5.82 Å². The highest BCUT2D eigenvalue weighted by molar-refractivity contribution is 9.10. The molecule has 0 radical (unpaired) electrons. The van der Waals surface area contributed by atoms with Crippen LogP contribution >= 0.6 is 15.9 Å². The van der Waals surface area contributed by atoms with Crippen LogP contribution in [-0.4, -0.2) is 36.4 Å². The van der Waals surface area contributed by atoms with Crippen LogP contribution in [0.15, 0.2) is 22.7 Å². The standard InChI is InChI=1S/C13H15BrFNO3/c14-9-1-2-10(11(15)7-9)12(17)16-8-13(18)3-5-19-6-4-13/h1-2,7,18H,3-6,8H2,(H,16,17). The molecule has 0 spiro atoms. The summed E-state index contributed by atoms with van der Waals surface area (Å²) in [5.74, 6) is -1.12. The van der Waals surface area contributed by atoms with Gasteiger partial charge in [0.1, 0.15) is 5.82 Å². The molecular weight excluding hydrogens is 317 g/mol. The summed E-state index contributed by atoms with van der Waals surface area (Å²) in [6, 6.07) is 4.24. The zero-order valence-corrected chi connectivity index (χ0v) is 11.9. The van der Waals surface area contributed by atoms with E-state index in [0.717, 1.165) is 0 Å². The van der Waals surface area contributed by atoms with Gasteiger partial charge in [0.2, 0.25) is 0 Å². The van der Waals surface area contributed by atoms with Crippen molar-refractivity contribution in [3.8, 4) is 0 Å². The smallest absolute Gasteiger partial charge is 0.254 e. The Hall–Kier alpha value is -0.980. The molecule has 4 nitrogen and oxygen atoms in total. The van der Waals surface area contributed by atoms with Crippen LogP contribution in [0.4, 0.5) is 4.39 Å². The second kappa shape index (κ2) is 5.98. The molecule has 1 fully saturated rings. The highest BCUT2D eigenvalue weighted by atomic mass is 79.9. The third-order valence-electron chi connectivity index (χ3n) is 3.18. The Morgan fingerprint density at radius 2 is 2.16 bits per heavy atom. The monoisotopic (exact) mass is 331 g/mol. The number of ether oxygens (including phenoxy) is 1. The molecule has 6 heteroatoms. The van der Waals surface area contributed by atoms with Gasteiger partial charge in [0.05, 0.1) is 11.2 Å². The Morgan fingerprint density at radius 1 is 1.47 bits per heavy atom. The van der Waals surface area contributed by atoms with E-state index in [1.165, 1.54) is 12.1 Å². The molecule has 1 amide bonds. The van der Waals surface area contributed by atoms with Crippen molar-refractivity contribution in [3.63, 3.8) is 0 Å². The number of hydrogen-bond donors (Lipinski definition) is 2. The number of carbonyl (C=O) groups is 1. The number of nitrogens with one attached hydrogen (secondary N) is 1. The molecule has 1 aromatic rings. The molecule has 1 saturated heterocycles. The first-order valence-corrected chi connectivity index (χ1v) is 6.83. The minimum absolute atomic E-state index is 0.0288. The first kappa shape index (κ1) is 14.4. The van der Waals surface area contributed by atoms with Crippen molar-refractivity contribution in [2.24, 2.45) is 0 Å². The molecule has 1 aliphatic heterocycles. The van der Waals surface area contributed by atoms with Gasteiger partial charge in [-0.15, -0.1) is 0 Å². The van der Waals surface area contributed by atoms with E-state index in [0.29, 0.717) is 30.5 Å². The average Bonchev–Trinajstić information content (AvgIpc) is 2.37. The van der Waals surface area contributed by atoms with Crippen LogP contribution in [0.2, 0.25) is 0 Å². The van der Waals surface area contributed by atoms with Gasteiger partial charge in [0.25, 0.3) is 5.91 Å². The lowest BCUT2D eigenvalue weighted by Crippen LogP contribution is -2.46. The Morgan fingerprint density at radius 3 is 2.79 bits per heavy atom. The van der Waals surface area contributed by atoms with Crippen LogP contribution in [0.5, 0.6) is 0 Å². The lowest BCUT2D eigenvalue weighted by molar-refractivity contribution is -0.0605. The molecule has 104 valence electrons. The fourth-order valence-electron chi connectivity index (χ4n) is 1.94. The Kier molecular flexibility index (Phi) is 4.54. The average molecular weight is 332 g/mol. The molecular formula is C13H15BrFNO3. The lowest BCUT2D eigenvalue weighted by atomic mass is 9.94. The maximum absolute atomic E-state index is 13.6. The number of hydrogen-bond acceptors (Lipinski definition) is 3. The highest BCUT2D eigenvalue weighted by Gasteiger charge is 2.30. The molecule has 2 N–H and O–H groups in total. The number of rotatable bonds is 3. The summed E-state index contributed by atoms with van der Waals surface area (Å²) >= 11 is 3.13. The molecule has 0 atom stereocenters. The van der Waals surface area contributed by atoms with Crippen molar-refractivity contribution in [2.45, 2.75) is 18.4 Å². The minimum Gasteiger partial charge on any atom is -0.388 e. The molecule has 2 rings (SSSR count). The fraction of sp³-hybridized carbons (Fsp3) is 0.462. The van der Waals surface area contributed by atoms with Crippen LogP contribution in [-0.2, 0) is 4.74 Å². The number of aliphatic hydroxyl groups is 1. The normalized spacial score (nSPS) is 18.1. The van der Waals surface area contributed by atoms with Gasteiger partial charge >= 0.3 is 0 Å². The van der Waals surface area contributed by atoms with Crippen molar-refractivity contribution in [3.05, 3.63) is 34.1 Å². The summed E-state index contributed by atoms with van der Waals surface area (Å²) < 4.78 is 19.3. The summed E-state index contributed by atoms with van der Waals surface area (Å²) in [7, 11) is 0. The SMILES string of the molecule is O=C(NCC1(O)CCOCC1)c1ccc(Br)cc1F. The fourth-order valence-corrected chi connectivity index (χ4v) is 2.27. The summed E-state index contributed by atoms with van der Waals surface area (Å²) in [5, 5.41) is 12.8. The van der Waals surface area contributed by atoms with Crippen LogP contribution in [0.3, 0.4) is 0 Å². The largest absolute Gasteiger partial charge is 0.388 e. The second-order valence-corrected chi connectivity index (χ2v) is 5.56. The van der Waals surface area contributed by atoms with Crippen molar-refractivity contribution in [1.82, 2.24) is 5.32 Å². The Bertz CT molecular complexity index is 475. The molecule has 1 heterocycles. The van der Waals surface area contributed by atoms with E-state index in [2.05, 4.69) is 21.2 Å². The van der Waals surface area contributed by atoms with E-state index in [-0.39, 0.29) is 12.1 Å². The summed E-state index contributed by atoms with van der Waals surface area (Å²) in [5.41, 5.74) is -0.987. The van der Waals surface area contributed by atoms with E-state index >= 15 is 0 Å². The van der Waals surface area contributed by atoms with E-state index in [9.17, 15) is 14.3 Å². The predicted octanol–water partition coefficient (Wildman–Crippen LogP) is 1.86. The molecule has 0 aromatic heterocycles. The number of carbonyl (C=O) groups excluding carboxylic acids is 1. The topological polar surface area (TPSA) is 58.6 Å². The quantitative estimate of drug-likeness (QED) is 0.888. The number of amides is 1. The third kappa shape index (κ3) is 3.75. The van der Waals surface area contributed by atoms with Gasteiger partial charge in [-0.3, -0.25) is 4.79 Å². The molecule has 1 aromatic carbocycles. The zero-order chi connectivity index (χ0) is 13.9. The minimum atomic E-state index is -0.959. The van der Waals surface area contributed by atoms with Gasteiger partial charge in [0.15, 0.2) is 0 Å². The summed E-state index contributed by atoms with van der Waals surface area (Å²) in [6.07, 6.45) is 0.937. The van der Waals surface area contributed by atoms with Gasteiger partial charge in [-0.2, -0.15) is 0 Å². The second-order valence-electron chi connectivity index (χ2n) is 4.64. The maximum atomic E-state index is 13.6. The number of halogens is 2. The predicted molar refractivity (Wildman–Crippen MR) is 71.4 cm³/mol. The Balaban J connectivity index is 1.97. The third-order valence-corrected chi connectivity index (χ3v) is 3.67. The zero-order valence-electron chi connectivity index (χ0n) is 10.3. The van der Waals surface area contributed by atoms with Gasteiger partial charge in [-0.05, 0) is 18.2 Å². The lowest BCUT2D eigenvalue weighted by Gasteiger charge is -2.32. The van der Waals surface area contributed by atoms with Crippen molar-refractivity contribution in [2.75, 3.05) is 19.8 Å². The molecule has 0 saturated carbocycles. The van der Waals surface area contributed by atoms with Crippen LogP contribution in [0.1, 0.15) is 23.2 Å². The van der Waals surface area contributed by atoms with Crippen molar-refractivity contribution >= 4 is 21.8 Å². The van der Waals surface area contributed by atoms with E-state index in [4.69, 9.17) is 4.74 Å². The van der Waals surface area contributed by atoms with Gasteiger partial charge in [-0.1, -0.05) is 15.9 Å². The van der Waals surface area contributed by atoms with Gasteiger partial charge in [-0.25, -0.2) is 4.39 Å². The van der Waals surface area contributed by atoms with Crippen LogP contribution in [0.25, 0.3) is 0 Å². The van der Waals surface area contributed by atoms with Crippen molar-refractivity contribution < 1.29 is 19.0 Å². The van der Waals surface area contributed by atoms with Crippen LogP contribution < -0.4 is 5.32 Å². The molecule has 19 heavy (non-hydrogen) atoms. The first-order chi connectivity index (χ1) is 9.00. The molecule has 0 aliphatic carbocycles. The van der Waals surface area contributed by atoms with Crippen molar-refractivity contribution in [1.29, 1.82) is 0 Å². The Labute approximate surface area is 119 Å². The maximum Gasteiger partial charge on any atom is 0.254 e.